The molecule has 1 aliphatic heterocycles. The lowest BCUT2D eigenvalue weighted by atomic mass is 10.1. The molecule has 1 heterocycles. The summed E-state index contributed by atoms with van der Waals surface area (Å²) >= 11 is 0. The lowest BCUT2D eigenvalue weighted by Crippen LogP contribution is -1.98. The van der Waals surface area contributed by atoms with Crippen LogP contribution in [0.1, 0.15) is 96.8 Å². The zero-order valence-electron chi connectivity index (χ0n) is 14.6. The molecular weight excluding hydrogens is 254 g/mol. The zero-order chi connectivity index (χ0) is 15.0. The average molecular weight is 294 g/mol. The molecule has 0 atom stereocenters. The van der Waals surface area contributed by atoms with Crippen LogP contribution in [0.4, 0.5) is 0 Å². The minimum atomic E-state index is 1.31. The van der Waals surface area contributed by atoms with E-state index in [0.717, 1.165) is 0 Å². The number of rotatable bonds is 16. The number of hydrogen-bond donors (Lipinski definition) is 0. The fourth-order valence-corrected chi connectivity index (χ4v) is 2.88. The van der Waals surface area contributed by atoms with Crippen LogP contribution in [0.25, 0.3) is 0 Å². The van der Waals surface area contributed by atoms with Gasteiger partial charge < -0.3 is 4.90 Å². The molecule has 1 nitrogen and oxygen atoms in total. The van der Waals surface area contributed by atoms with Gasteiger partial charge in [-0.25, -0.2) is 0 Å². The Hall–Kier alpha value is -0.300. The van der Waals surface area contributed by atoms with Crippen molar-refractivity contribution in [3.05, 3.63) is 12.2 Å². The van der Waals surface area contributed by atoms with Gasteiger partial charge in [0.15, 0.2) is 0 Å². The van der Waals surface area contributed by atoms with E-state index in [-0.39, 0.29) is 0 Å². The van der Waals surface area contributed by atoms with Crippen LogP contribution in [0.3, 0.4) is 0 Å². The molecule has 0 radical (unpaired) electrons. The van der Waals surface area contributed by atoms with Crippen LogP contribution in [0.2, 0.25) is 0 Å². The van der Waals surface area contributed by atoms with Crippen molar-refractivity contribution in [1.29, 1.82) is 0 Å². The van der Waals surface area contributed by atoms with Crippen molar-refractivity contribution in [3.8, 4) is 0 Å². The van der Waals surface area contributed by atoms with E-state index in [2.05, 4.69) is 24.0 Å². The summed E-state index contributed by atoms with van der Waals surface area (Å²) in [6.45, 7) is 6.38. The summed E-state index contributed by atoms with van der Waals surface area (Å²) < 4.78 is 0. The predicted molar refractivity (Wildman–Crippen MR) is 95.9 cm³/mol. The average Bonchev–Trinajstić information content (AvgIpc) is 3.31. The molecular formula is C20H39N. The van der Waals surface area contributed by atoms with Crippen LogP contribution in [0.5, 0.6) is 0 Å². The summed E-state index contributed by atoms with van der Waals surface area (Å²) in [5.41, 5.74) is 0. The molecule has 1 heteroatoms. The van der Waals surface area contributed by atoms with Gasteiger partial charge in [0.1, 0.15) is 0 Å². The molecule has 0 amide bonds. The minimum Gasteiger partial charge on any atom is -0.301 e. The summed E-state index contributed by atoms with van der Waals surface area (Å²) in [4.78, 5) is 2.54. The fourth-order valence-electron chi connectivity index (χ4n) is 2.88. The zero-order valence-corrected chi connectivity index (χ0v) is 14.6. The minimum absolute atomic E-state index is 1.31. The normalized spacial score (nSPS) is 15.1. The Balaban J connectivity index is 1.66. The quantitative estimate of drug-likeness (QED) is 0.182. The second-order valence-corrected chi connectivity index (χ2v) is 6.78. The van der Waals surface area contributed by atoms with Crippen molar-refractivity contribution in [2.45, 2.75) is 96.8 Å². The van der Waals surface area contributed by atoms with E-state index in [4.69, 9.17) is 0 Å². The molecule has 21 heavy (non-hydrogen) atoms. The Kier molecular flexibility index (Phi) is 13.1. The summed E-state index contributed by atoms with van der Waals surface area (Å²) in [5, 5.41) is 0. The Morgan fingerprint density at radius 3 is 1.62 bits per heavy atom. The Bertz CT molecular complexity index is 230. The molecule has 0 saturated carbocycles. The van der Waals surface area contributed by atoms with Crippen LogP contribution in [-0.2, 0) is 0 Å². The molecule has 1 saturated heterocycles. The van der Waals surface area contributed by atoms with Crippen molar-refractivity contribution in [2.75, 3.05) is 19.6 Å². The number of hydrogen-bond acceptors (Lipinski definition) is 1. The maximum atomic E-state index is 2.54. The molecule has 0 aromatic rings. The maximum absolute atomic E-state index is 2.54. The summed E-state index contributed by atoms with van der Waals surface area (Å²) in [6.07, 6.45) is 24.6. The topological polar surface area (TPSA) is 3.01 Å². The second kappa shape index (κ2) is 14.6. The monoisotopic (exact) mass is 293 g/mol. The van der Waals surface area contributed by atoms with E-state index >= 15 is 0 Å². The highest BCUT2D eigenvalue weighted by Gasteiger charge is 2.14. The van der Waals surface area contributed by atoms with Crippen molar-refractivity contribution in [3.63, 3.8) is 0 Å². The molecule has 124 valence electrons. The van der Waals surface area contributed by atoms with Gasteiger partial charge in [-0.2, -0.15) is 0 Å². The fraction of sp³-hybridized carbons (Fsp3) is 0.900. The van der Waals surface area contributed by atoms with E-state index in [0.29, 0.717) is 0 Å². The molecule has 0 unspecified atom stereocenters. The summed E-state index contributed by atoms with van der Waals surface area (Å²) in [5.74, 6) is 0. The Morgan fingerprint density at radius 1 is 0.619 bits per heavy atom. The lowest BCUT2D eigenvalue weighted by molar-refractivity contribution is 0.500. The third kappa shape index (κ3) is 14.4. The first-order valence-electron chi connectivity index (χ1n) is 9.81. The number of unbranched alkanes of at least 4 members (excludes halogenated alkanes) is 12. The van der Waals surface area contributed by atoms with Crippen LogP contribution in [0.15, 0.2) is 12.2 Å². The molecule has 0 spiro atoms. The van der Waals surface area contributed by atoms with Crippen LogP contribution in [-0.4, -0.2) is 24.5 Å². The number of allylic oxidation sites excluding steroid dienone is 2. The van der Waals surface area contributed by atoms with Crippen LogP contribution >= 0.6 is 0 Å². The van der Waals surface area contributed by atoms with Gasteiger partial charge in [-0.05, 0) is 38.6 Å². The standard InChI is InChI=1S/C20H39N/c1-2-3-4-5-6-7-8-9-10-11-12-13-14-15-16-17-18-21-19-20-21/h9-10H,2-8,11-20H2,1H3/b10-9-. The van der Waals surface area contributed by atoms with Crippen molar-refractivity contribution < 1.29 is 0 Å². The highest BCUT2D eigenvalue weighted by atomic mass is 15.2. The number of nitrogens with zero attached hydrogens (tertiary/aromatic N) is 1. The van der Waals surface area contributed by atoms with Crippen molar-refractivity contribution in [2.24, 2.45) is 0 Å². The van der Waals surface area contributed by atoms with E-state index in [1.807, 2.05) is 0 Å². The molecule has 1 fully saturated rings. The van der Waals surface area contributed by atoms with Gasteiger partial charge in [-0.15, -0.1) is 0 Å². The molecule has 1 aliphatic rings. The molecule has 0 bridgehead atoms. The van der Waals surface area contributed by atoms with Gasteiger partial charge in [0.05, 0.1) is 0 Å². The first-order valence-corrected chi connectivity index (χ1v) is 9.81. The molecule has 1 rings (SSSR count). The first-order chi connectivity index (χ1) is 10.4. The Labute approximate surface area is 134 Å². The molecule has 0 aromatic heterocycles. The van der Waals surface area contributed by atoms with Crippen molar-refractivity contribution >= 4 is 0 Å². The first kappa shape index (κ1) is 18.7. The highest BCUT2D eigenvalue weighted by Crippen LogP contribution is 2.11. The second-order valence-electron chi connectivity index (χ2n) is 6.78. The summed E-state index contributed by atoms with van der Waals surface area (Å²) in [7, 11) is 0. The SMILES string of the molecule is CCCCCCCC/C=C\CCCCCCCCN1CC1. The molecule has 0 aliphatic carbocycles. The Morgan fingerprint density at radius 2 is 1.10 bits per heavy atom. The van der Waals surface area contributed by atoms with Gasteiger partial charge in [0.2, 0.25) is 0 Å². The third-order valence-corrected chi connectivity index (χ3v) is 4.53. The smallest absolute Gasteiger partial charge is 0.0110 e. The van der Waals surface area contributed by atoms with Crippen LogP contribution < -0.4 is 0 Å². The van der Waals surface area contributed by atoms with E-state index in [1.54, 1.807) is 0 Å². The van der Waals surface area contributed by atoms with Gasteiger partial charge in [0, 0.05) is 13.1 Å². The van der Waals surface area contributed by atoms with Crippen molar-refractivity contribution in [1.82, 2.24) is 4.90 Å². The predicted octanol–water partition coefficient (Wildman–Crippen LogP) is 6.34. The van der Waals surface area contributed by atoms with Gasteiger partial charge in [-0.3, -0.25) is 0 Å². The van der Waals surface area contributed by atoms with Gasteiger partial charge >= 0.3 is 0 Å². The maximum Gasteiger partial charge on any atom is 0.0110 e. The van der Waals surface area contributed by atoms with E-state index < -0.39 is 0 Å². The summed E-state index contributed by atoms with van der Waals surface area (Å²) in [6, 6.07) is 0. The molecule has 0 aromatic carbocycles. The highest BCUT2D eigenvalue weighted by molar-refractivity contribution is 4.81. The van der Waals surface area contributed by atoms with E-state index in [1.165, 1.54) is 110 Å². The van der Waals surface area contributed by atoms with Gasteiger partial charge in [-0.1, -0.05) is 76.9 Å². The largest absolute Gasteiger partial charge is 0.301 e. The third-order valence-electron chi connectivity index (χ3n) is 4.53. The molecule has 0 N–H and O–H groups in total. The van der Waals surface area contributed by atoms with Gasteiger partial charge in [0.25, 0.3) is 0 Å². The van der Waals surface area contributed by atoms with E-state index in [9.17, 15) is 0 Å². The van der Waals surface area contributed by atoms with Crippen LogP contribution in [0, 0.1) is 0 Å². The lowest BCUT2D eigenvalue weighted by Gasteiger charge is -2.01.